The molecule has 1 saturated heterocycles. The second-order valence-corrected chi connectivity index (χ2v) is 13.4. The standard InChI is InChI=1S/C35H38BrNO6S/c1-2-7-22(16-23-17-25(36)12-14-30(23)39)11-13-31(40)32-24(21-43-26-8-4-3-5-9-26)18-28-33(29(32)20-38)35(42)37(34(28)41)19-27-10-6-15-44-27/h3-6,8-10,12,14-17,28-29,31,33,38-40H,2,7,11,13,18-21H2,1H3/b22-16+/t28-,29+,31-,33-/m1/s1. The summed E-state index contributed by atoms with van der Waals surface area (Å²) in [7, 11) is 0. The Bertz CT molecular complexity index is 1520. The van der Waals surface area contributed by atoms with Gasteiger partial charge in [-0.3, -0.25) is 14.5 Å². The summed E-state index contributed by atoms with van der Waals surface area (Å²) in [5.41, 5.74) is 3.13. The number of hydrogen-bond acceptors (Lipinski definition) is 7. The van der Waals surface area contributed by atoms with Crippen molar-refractivity contribution in [1.82, 2.24) is 4.90 Å². The Labute approximate surface area is 270 Å². The quantitative estimate of drug-likeness (QED) is 0.137. The van der Waals surface area contributed by atoms with Crippen molar-refractivity contribution in [2.75, 3.05) is 13.2 Å². The molecular weight excluding hydrogens is 642 g/mol. The van der Waals surface area contributed by atoms with Gasteiger partial charge in [0.15, 0.2) is 0 Å². The van der Waals surface area contributed by atoms with Crippen LogP contribution >= 0.6 is 27.3 Å². The number of imide groups is 1. The number of nitrogens with zero attached hydrogens (tertiary/aromatic N) is 1. The first-order valence-corrected chi connectivity index (χ1v) is 16.7. The number of aliphatic hydroxyl groups is 2. The van der Waals surface area contributed by atoms with Crippen molar-refractivity contribution in [3.63, 3.8) is 0 Å². The van der Waals surface area contributed by atoms with Crippen molar-refractivity contribution in [2.24, 2.45) is 17.8 Å². The highest BCUT2D eigenvalue weighted by Gasteiger charge is 2.54. The molecule has 0 unspecified atom stereocenters. The highest BCUT2D eigenvalue weighted by molar-refractivity contribution is 9.10. The molecule has 1 aliphatic carbocycles. The molecular formula is C35H38BrNO6S. The van der Waals surface area contributed by atoms with Gasteiger partial charge in [-0.05, 0) is 78.6 Å². The van der Waals surface area contributed by atoms with Crippen LogP contribution in [0.5, 0.6) is 11.5 Å². The number of phenols is 1. The van der Waals surface area contributed by atoms with Gasteiger partial charge in [0.1, 0.15) is 18.1 Å². The molecule has 2 amide bonds. The molecule has 2 aliphatic rings. The second-order valence-electron chi connectivity index (χ2n) is 11.4. The third-order valence-corrected chi connectivity index (χ3v) is 9.90. The van der Waals surface area contributed by atoms with E-state index in [-0.39, 0.29) is 43.7 Å². The van der Waals surface area contributed by atoms with Crippen LogP contribution in [0.4, 0.5) is 0 Å². The first-order chi connectivity index (χ1) is 21.3. The van der Waals surface area contributed by atoms with Crippen molar-refractivity contribution in [3.05, 3.63) is 97.7 Å². The van der Waals surface area contributed by atoms with Crippen LogP contribution in [0.1, 0.15) is 49.5 Å². The van der Waals surface area contributed by atoms with Gasteiger partial charge >= 0.3 is 0 Å². The lowest BCUT2D eigenvalue weighted by Gasteiger charge is -2.36. The Morgan fingerprint density at radius 1 is 1.11 bits per heavy atom. The molecule has 0 spiro atoms. The molecule has 9 heteroatoms. The SMILES string of the molecule is CCC/C(=C\c1cc(Br)ccc1O)CC[C@@H](O)C1=C(COc2ccccc2)C[C@H]2C(=O)N(Cc3cccs3)C(=O)[C@H]2[C@H]1CO. The van der Waals surface area contributed by atoms with Crippen LogP contribution in [-0.2, 0) is 16.1 Å². The third-order valence-electron chi connectivity index (χ3n) is 8.54. The maximum Gasteiger partial charge on any atom is 0.234 e. The van der Waals surface area contributed by atoms with Crippen LogP contribution in [0.3, 0.4) is 0 Å². The molecule has 3 aromatic rings. The molecule has 1 fully saturated rings. The maximum absolute atomic E-state index is 13.7. The van der Waals surface area contributed by atoms with Gasteiger partial charge in [-0.2, -0.15) is 0 Å². The van der Waals surface area contributed by atoms with Gasteiger partial charge in [-0.25, -0.2) is 0 Å². The summed E-state index contributed by atoms with van der Waals surface area (Å²) in [5.74, 6) is -1.74. The van der Waals surface area contributed by atoms with Crippen LogP contribution in [0.2, 0.25) is 0 Å². The van der Waals surface area contributed by atoms with Gasteiger partial charge < -0.3 is 20.1 Å². The molecule has 5 rings (SSSR count). The van der Waals surface area contributed by atoms with Gasteiger partial charge in [0.25, 0.3) is 0 Å². The number of carbonyl (C=O) groups is 2. The number of hydrogen-bond donors (Lipinski definition) is 3. The number of amides is 2. The van der Waals surface area contributed by atoms with E-state index in [0.29, 0.717) is 29.7 Å². The van der Waals surface area contributed by atoms with E-state index in [4.69, 9.17) is 4.74 Å². The normalized spacial score (nSPS) is 21.1. The fourth-order valence-corrected chi connectivity index (χ4v) is 7.56. The Kier molecular flexibility index (Phi) is 10.7. The van der Waals surface area contributed by atoms with Gasteiger partial charge in [-0.1, -0.05) is 65.2 Å². The number of halogens is 1. The summed E-state index contributed by atoms with van der Waals surface area (Å²) in [4.78, 5) is 29.6. The zero-order chi connectivity index (χ0) is 31.2. The fraction of sp³-hybridized carbons (Fsp3) is 0.371. The summed E-state index contributed by atoms with van der Waals surface area (Å²) in [5, 5.41) is 34.8. The molecule has 2 heterocycles. The van der Waals surface area contributed by atoms with Crippen molar-refractivity contribution < 1.29 is 29.6 Å². The molecule has 3 N–H and O–H groups in total. The highest BCUT2D eigenvalue weighted by atomic mass is 79.9. The van der Waals surface area contributed by atoms with E-state index in [1.54, 1.807) is 12.1 Å². The largest absolute Gasteiger partial charge is 0.507 e. The van der Waals surface area contributed by atoms with Crippen molar-refractivity contribution in [2.45, 2.75) is 51.7 Å². The van der Waals surface area contributed by atoms with Crippen LogP contribution < -0.4 is 4.74 Å². The zero-order valence-corrected chi connectivity index (χ0v) is 27.1. The van der Waals surface area contributed by atoms with Crippen molar-refractivity contribution in [3.8, 4) is 11.5 Å². The van der Waals surface area contributed by atoms with E-state index < -0.39 is 23.9 Å². The van der Waals surface area contributed by atoms with E-state index in [2.05, 4.69) is 22.9 Å². The van der Waals surface area contributed by atoms with Crippen molar-refractivity contribution >= 4 is 45.2 Å². The number of para-hydroxylation sites is 1. The smallest absolute Gasteiger partial charge is 0.234 e. The zero-order valence-electron chi connectivity index (χ0n) is 24.7. The molecule has 44 heavy (non-hydrogen) atoms. The molecule has 4 atom stereocenters. The lowest BCUT2D eigenvalue weighted by Crippen LogP contribution is -2.40. The number of rotatable bonds is 13. The van der Waals surface area contributed by atoms with E-state index in [0.717, 1.165) is 33.3 Å². The first kappa shape index (κ1) is 32.2. The van der Waals surface area contributed by atoms with E-state index in [1.807, 2.05) is 60.0 Å². The minimum absolute atomic E-state index is 0.145. The minimum atomic E-state index is -0.951. The number of fused-ring (bicyclic) bond motifs is 1. The Hall–Kier alpha value is -3.24. The molecule has 0 bridgehead atoms. The number of likely N-dealkylation sites (tertiary alicyclic amines) is 1. The monoisotopic (exact) mass is 679 g/mol. The molecule has 232 valence electrons. The Balaban J connectivity index is 1.43. The van der Waals surface area contributed by atoms with Crippen molar-refractivity contribution in [1.29, 1.82) is 0 Å². The van der Waals surface area contributed by atoms with Crippen LogP contribution in [0, 0.1) is 17.8 Å². The Morgan fingerprint density at radius 3 is 2.61 bits per heavy atom. The molecule has 2 aromatic carbocycles. The molecule has 1 aliphatic heterocycles. The predicted octanol–water partition coefficient (Wildman–Crippen LogP) is 6.73. The van der Waals surface area contributed by atoms with Gasteiger partial charge in [0, 0.05) is 20.8 Å². The van der Waals surface area contributed by atoms with Gasteiger partial charge in [0.2, 0.25) is 11.8 Å². The summed E-state index contributed by atoms with van der Waals surface area (Å²) < 4.78 is 6.96. The molecule has 0 radical (unpaired) electrons. The minimum Gasteiger partial charge on any atom is -0.507 e. The molecule has 1 aromatic heterocycles. The summed E-state index contributed by atoms with van der Waals surface area (Å²) >= 11 is 4.96. The lowest BCUT2D eigenvalue weighted by molar-refractivity contribution is -0.140. The predicted molar refractivity (Wildman–Crippen MR) is 175 cm³/mol. The maximum atomic E-state index is 13.7. The number of carbonyl (C=O) groups excluding carboxylic acids is 2. The Morgan fingerprint density at radius 2 is 1.91 bits per heavy atom. The third kappa shape index (κ3) is 7.18. The van der Waals surface area contributed by atoms with Crippen LogP contribution in [0.15, 0.2) is 87.2 Å². The van der Waals surface area contributed by atoms with Crippen LogP contribution in [-0.4, -0.2) is 51.4 Å². The van der Waals surface area contributed by atoms with E-state index in [9.17, 15) is 24.9 Å². The summed E-state index contributed by atoms with van der Waals surface area (Å²) in [6.07, 6.45) is 3.91. The lowest BCUT2D eigenvalue weighted by atomic mass is 9.68. The molecule has 7 nitrogen and oxygen atoms in total. The number of allylic oxidation sites excluding steroid dienone is 1. The number of phenolic OH excluding ortho intramolecular Hbond substituents is 1. The summed E-state index contributed by atoms with van der Waals surface area (Å²) in [6.45, 7) is 2.08. The first-order valence-electron chi connectivity index (χ1n) is 15.0. The van der Waals surface area contributed by atoms with E-state index >= 15 is 0 Å². The summed E-state index contributed by atoms with van der Waals surface area (Å²) in [6, 6.07) is 18.4. The number of ether oxygens (including phenoxy) is 1. The van der Waals surface area contributed by atoms with Gasteiger partial charge in [-0.15, -0.1) is 11.3 Å². The topological polar surface area (TPSA) is 107 Å². The second kappa shape index (κ2) is 14.7. The van der Waals surface area contributed by atoms with E-state index in [1.165, 1.54) is 16.2 Å². The fourth-order valence-electron chi connectivity index (χ4n) is 6.49. The highest BCUT2D eigenvalue weighted by Crippen LogP contribution is 2.47. The number of benzene rings is 2. The molecule has 0 saturated carbocycles. The average molecular weight is 681 g/mol. The number of aromatic hydroxyl groups is 1. The average Bonchev–Trinajstić information content (AvgIpc) is 3.63. The van der Waals surface area contributed by atoms with Crippen LogP contribution in [0.25, 0.3) is 6.08 Å². The number of thiophene rings is 1. The number of aliphatic hydroxyl groups excluding tert-OH is 2. The van der Waals surface area contributed by atoms with Gasteiger partial charge in [0.05, 0.1) is 31.1 Å².